The fraction of sp³-hybridized carbons (Fsp3) is 0.750. The lowest BCUT2D eigenvalue weighted by Gasteiger charge is -2.15. The number of carboxylic acid groups (broad SMARTS) is 1. The van der Waals surface area contributed by atoms with Crippen molar-refractivity contribution in [1.82, 2.24) is 5.32 Å². The molecule has 5 nitrogen and oxygen atoms in total. The minimum Gasteiger partial charge on any atom is -0.480 e. The molecular formula is C8H18Cl2N2O3. The Morgan fingerprint density at radius 2 is 1.80 bits per heavy atom. The number of carbonyl (C=O) groups excluding carboxylic acids is 1. The molecule has 1 amide bonds. The molecule has 1 atom stereocenters. The van der Waals surface area contributed by atoms with Crippen LogP contribution in [0.4, 0.5) is 0 Å². The average molecular weight is 261 g/mol. The zero-order chi connectivity index (χ0) is 10.4. The third-order valence-corrected chi connectivity index (χ3v) is 1.53. The van der Waals surface area contributed by atoms with Crippen LogP contribution in [0.25, 0.3) is 0 Å². The molecule has 0 aliphatic rings. The monoisotopic (exact) mass is 260 g/mol. The summed E-state index contributed by atoms with van der Waals surface area (Å²) in [5, 5.41) is 11.0. The Bertz CT molecular complexity index is 200. The molecule has 0 spiro atoms. The van der Waals surface area contributed by atoms with Gasteiger partial charge >= 0.3 is 5.97 Å². The predicted molar refractivity (Wildman–Crippen MR) is 62.6 cm³/mol. The van der Waals surface area contributed by atoms with E-state index in [0.717, 1.165) is 0 Å². The molecule has 0 aromatic heterocycles. The van der Waals surface area contributed by atoms with Crippen LogP contribution in [0.2, 0.25) is 0 Å². The Balaban J connectivity index is -0.000000720. The van der Waals surface area contributed by atoms with Crippen LogP contribution in [0.15, 0.2) is 0 Å². The van der Waals surface area contributed by atoms with Crippen LogP contribution in [0.1, 0.15) is 20.3 Å². The Morgan fingerprint density at radius 1 is 1.33 bits per heavy atom. The fourth-order valence-corrected chi connectivity index (χ4v) is 0.946. The lowest BCUT2D eigenvalue weighted by Crippen LogP contribution is -2.44. The average Bonchev–Trinajstić information content (AvgIpc) is 2.02. The lowest BCUT2D eigenvalue weighted by atomic mass is 10.0. The number of amides is 1. The first-order valence-electron chi connectivity index (χ1n) is 4.19. The first-order valence-corrected chi connectivity index (χ1v) is 4.19. The molecule has 92 valence electrons. The first kappa shape index (κ1) is 20.0. The number of hydrogen-bond donors (Lipinski definition) is 3. The Labute approximate surface area is 102 Å². The van der Waals surface area contributed by atoms with E-state index in [9.17, 15) is 9.59 Å². The zero-order valence-corrected chi connectivity index (χ0v) is 10.4. The number of carboxylic acids is 1. The van der Waals surface area contributed by atoms with Crippen LogP contribution in [-0.4, -0.2) is 29.6 Å². The molecule has 0 bridgehead atoms. The molecule has 7 heteroatoms. The van der Waals surface area contributed by atoms with E-state index >= 15 is 0 Å². The van der Waals surface area contributed by atoms with E-state index in [2.05, 4.69) is 5.32 Å². The van der Waals surface area contributed by atoms with E-state index in [1.807, 2.05) is 13.8 Å². The number of rotatable bonds is 5. The van der Waals surface area contributed by atoms with Crippen molar-refractivity contribution >= 4 is 36.7 Å². The number of nitrogens with two attached hydrogens (primary N) is 1. The topological polar surface area (TPSA) is 92.4 Å². The van der Waals surface area contributed by atoms with Crippen molar-refractivity contribution in [3.05, 3.63) is 0 Å². The molecule has 0 rings (SSSR count). The van der Waals surface area contributed by atoms with Crippen LogP contribution < -0.4 is 11.1 Å². The number of nitrogens with one attached hydrogen (secondary N) is 1. The van der Waals surface area contributed by atoms with Gasteiger partial charge in [-0.05, 0) is 12.3 Å². The van der Waals surface area contributed by atoms with Gasteiger partial charge in [0.1, 0.15) is 6.04 Å². The van der Waals surface area contributed by atoms with Gasteiger partial charge in [-0.3, -0.25) is 4.79 Å². The molecule has 0 aromatic rings. The minimum atomic E-state index is -1.02. The summed E-state index contributed by atoms with van der Waals surface area (Å²) in [5.41, 5.74) is 5.05. The molecule has 4 N–H and O–H groups in total. The van der Waals surface area contributed by atoms with Crippen LogP contribution in [0.5, 0.6) is 0 Å². The maximum Gasteiger partial charge on any atom is 0.326 e. The second-order valence-electron chi connectivity index (χ2n) is 3.29. The highest BCUT2D eigenvalue weighted by Gasteiger charge is 2.19. The maximum atomic E-state index is 10.8. The van der Waals surface area contributed by atoms with Gasteiger partial charge < -0.3 is 16.2 Å². The maximum absolute atomic E-state index is 10.8. The zero-order valence-electron chi connectivity index (χ0n) is 8.73. The molecule has 15 heavy (non-hydrogen) atoms. The van der Waals surface area contributed by atoms with Crippen molar-refractivity contribution in [1.29, 1.82) is 0 Å². The lowest BCUT2D eigenvalue weighted by molar-refractivity contribution is -0.142. The third-order valence-electron chi connectivity index (χ3n) is 1.53. The molecule has 0 aliphatic heterocycles. The van der Waals surface area contributed by atoms with Gasteiger partial charge in [0.15, 0.2) is 0 Å². The van der Waals surface area contributed by atoms with E-state index in [-0.39, 0.29) is 37.3 Å². The SMILES string of the molecule is CC(C)CC(NC(=O)CN)C(=O)O.Cl.Cl. The molecule has 0 aromatic carbocycles. The van der Waals surface area contributed by atoms with Crippen LogP contribution in [0.3, 0.4) is 0 Å². The van der Waals surface area contributed by atoms with Gasteiger partial charge in [-0.1, -0.05) is 13.8 Å². The van der Waals surface area contributed by atoms with Crippen LogP contribution in [-0.2, 0) is 9.59 Å². The summed E-state index contributed by atoms with van der Waals surface area (Å²) in [4.78, 5) is 21.4. The quantitative estimate of drug-likeness (QED) is 0.668. The summed E-state index contributed by atoms with van der Waals surface area (Å²) in [7, 11) is 0. The van der Waals surface area contributed by atoms with Crippen molar-refractivity contribution in [2.75, 3.05) is 6.54 Å². The van der Waals surface area contributed by atoms with E-state index < -0.39 is 17.9 Å². The standard InChI is InChI=1S/C8H16N2O3.2ClH/c1-5(2)3-6(8(12)13)10-7(11)4-9;;/h5-6H,3-4,9H2,1-2H3,(H,10,11)(H,12,13);2*1H. The van der Waals surface area contributed by atoms with Gasteiger partial charge in [-0.2, -0.15) is 0 Å². The summed E-state index contributed by atoms with van der Waals surface area (Å²) in [6.45, 7) is 3.61. The van der Waals surface area contributed by atoms with Crippen molar-refractivity contribution in [2.45, 2.75) is 26.3 Å². The van der Waals surface area contributed by atoms with Crippen molar-refractivity contribution in [3.8, 4) is 0 Å². The summed E-state index contributed by atoms with van der Waals surface area (Å²) < 4.78 is 0. The summed E-state index contributed by atoms with van der Waals surface area (Å²) in [6, 6.07) is -0.823. The highest BCUT2D eigenvalue weighted by Crippen LogP contribution is 2.04. The van der Waals surface area contributed by atoms with E-state index in [1.54, 1.807) is 0 Å². The van der Waals surface area contributed by atoms with Crippen LogP contribution in [0, 0.1) is 5.92 Å². The van der Waals surface area contributed by atoms with Gasteiger partial charge in [0.25, 0.3) is 0 Å². The highest BCUT2D eigenvalue weighted by atomic mass is 35.5. The molecule has 0 fully saturated rings. The number of aliphatic carboxylic acids is 1. The summed E-state index contributed by atoms with van der Waals surface area (Å²) in [5.74, 6) is -1.23. The summed E-state index contributed by atoms with van der Waals surface area (Å²) in [6.07, 6.45) is 0.418. The van der Waals surface area contributed by atoms with Gasteiger partial charge in [0.05, 0.1) is 6.54 Å². The highest BCUT2D eigenvalue weighted by molar-refractivity contribution is 5.85. The Hall–Kier alpha value is -0.520. The number of halogens is 2. The molecule has 0 saturated heterocycles. The second kappa shape index (κ2) is 10.0. The second-order valence-corrected chi connectivity index (χ2v) is 3.29. The van der Waals surface area contributed by atoms with E-state index in [4.69, 9.17) is 10.8 Å². The molecular weight excluding hydrogens is 243 g/mol. The van der Waals surface area contributed by atoms with Crippen molar-refractivity contribution in [2.24, 2.45) is 11.7 Å². The van der Waals surface area contributed by atoms with E-state index in [1.165, 1.54) is 0 Å². The van der Waals surface area contributed by atoms with Gasteiger partial charge in [-0.15, -0.1) is 24.8 Å². The fourth-order valence-electron chi connectivity index (χ4n) is 0.946. The molecule has 0 heterocycles. The number of carbonyl (C=O) groups is 2. The third kappa shape index (κ3) is 9.78. The van der Waals surface area contributed by atoms with E-state index in [0.29, 0.717) is 6.42 Å². The Morgan fingerprint density at radius 3 is 2.07 bits per heavy atom. The first-order chi connectivity index (χ1) is 5.97. The van der Waals surface area contributed by atoms with Crippen molar-refractivity contribution in [3.63, 3.8) is 0 Å². The van der Waals surface area contributed by atoms with Crippen LogP contribution >= 0.6 is 24.8 Å². The molecule has 0 radical (unpaired) electrons. The van der Waals surface area contributed by atoms with Gasteiger partial charge in [0.2, 0.25) is 5.91 Å². The van der Waals surface area contributed by atoms with Crippen molar-refractivity contribution < 1.29 is 14.7 Å². The molecule has 1 unspecified atom stereocenters. The molecule has 0 aliphatic carbocycles. The number of hydrogen-bond acceptors (Lipinski definition) is 3. The summed E-state index contributed by atoms with van der Waals surface area (Å²) >= 11 is 0. The largest absolute Gasteiger partial charge is 0.480 e. The molecule has 0 saturated carbocycles. The smallest absolute Gasteiger partial charge is 0.326 e. The predicted octanol–water partition coefficient (Wildman–Crippen LogP) is 0.404. The van der Waals surface area contributed by atoms with Gasteiger partial charge in [0, 0.05) is 0 Å². The minimum absolute atomic E-state index is 0. The Kier molecular flexibility index (Phi) is 13.3. The normalized spacial score (nSPS) is 10.9. The van der Waals surface area contributed by atoms with Gasteiger partial charge in [-0.25, -0.2) is 4.79 Å².